The van der Waals surface area contributed by atoms with Gasteiger partial charge in [-0.25, -0.2) is 4.98 Å². The normalized spacial score (nSPS) is 11.3. The fourth-order valence-corrected chi connectivity index (χ4v) is 3.16. The molecule has 0 bridgehead atoms. The number of carbonyl (C=O) groups is 2. The van der Waals surface area contributed by atoms with Crippen LogP contribution in [0, 0.1) is 0 Å². The van der Waals surface area contributed by atoms with Crippen LogP contribution in [-0.2, 0) is 15.8 Å². The largest absolute Gasteiger partial charge is 0.416 e. The van der Waals surface area contributed by atoms with Crippen LogP contribution in [0.1, 0.15) is 25.8 Å². The minimum absolute atomic E-state index is 0.147. The zero-order valence-electron chi connectivity index (χ0n) is 17.7. The van der Waals surface area contributed by atoms with Gasteiger partial charge in [0, 0.05) is 30.4 Å². The van der Waals surface area contributed by atoms with Crippen LogP contribution in [0.15, 0.2) is 60.8 Å². The molecule has 0 saturated carbocycles. The number of imidazole rings is 1. The van der Waals surface area contributed by atoms with Crippen molar-refractivity contribution in [1.29, 1.82) is 0 Å². The van der Waals surface area contributed by atoms with Crippen LogP contribution < -0.4 is 5.32 Å². The number of likely N-dealkylation sites (N-methyl/N-ethyl adjacent to an activating group) is 1. The Morgan fingerprint density at radius 3 is 2.25 bits per heavy atom. The molecule has 0 spiro atoms. The van der Waals surface area contributed by atoms with E-state index in [2.05, 4.69) is 10.3 Å². The van der Waals surface area contributed by atoms with E-state index in [-0.39, 0.29) is 24.8 Å². The van der Waals surface area contributed by atoms with E-state index in [0.29, 0.717) is 17.9 Å². The van der Waals surface area contributed by atoms with Gasteiger partial charge in [0.15, 0.2) is 0 Å². The van der Waals surface area contributed by atoms with Gasteiger partial charge < -0.3 is 4.90 Å². The molecule has 1 heterocycles. The van der Waals surface area contributed by atoms with Crippen molar-refractivity contribution in [1.82, 2.24) is 14.5 Å². The van der Waals surface area contributed by atoms with Crippen LogP contribution in [-0.4, -0.2) is 39.4 Å². The SMILES string of the molecule is CCC(=O)N(CC)CC(=O)Nc1nc(-c2ccccc2)cn1-c1ccc(C(F)(F)F)cc1. The Bertz CT molecular complexity index is 1080. The summed E-state index contributed by atoms with van der Waals surface area (Å²) in [6.45, 7) is 3.72. The molecule has 9 heteroatoms. The average molecular weight is 444 g/mol. The molecule has 1 aromatic heterocycles. The highest BCUT2D eigenvalue weighted by atomic mass is 19.4. The quantitative estimate of drug-likeness (QED) is 0.572. The molecule has 2 amide bonds. The van der Waals surface area contributed by atoms with Gasteiger partial charge in [-0.1, -0.05) is 37.3 Å². The second-order valence-corrected chi connectivity index (χ2v) is 7.04. The van der Waals surface area contributed by atoms with E-state index in [1.165, 1.54) is 21.6 Å². The Balaban J connectivity index is 1.94. The summed E-state index contributed by atoms with van der Waals surface area (Å²) in [7, 11) is 0. The highest BCUT2D eigenvalue weighted by molar-refractivity contribution is 5.93. The number of amides is 2. The summed E-state index contributed by atoms with van der Waals surface area (Å²) in [6, 6.07) is 13.8. The third kappa shape index (κ3) is 5.35. The molecule has 1 N–H and O–H groups in total. The molecule has 0 unspecified atom stereocenters. The topological polar surface area (TPSA) is 67.2 Å². The molecule has 6 nitrogen and oxygen atoms in total. The molecule has 0 saturated heterocycles. The Morgan fingerprint density at radius 1 is 1.03 bits per heavy atom. The van der Waals surface area contributed by atoms with E-state index in [9.17, 15) is 22.8 Å². The monoisotopic (exact) mass is 444 g/mol. The number of alkyl halides is 3. The van der Waals surface area contributed by atoms with Crippen molar-refractivity contribution in [2.45, 2.75) is 26.4 Å². The lowest BCUT2D eigenvalue weighted by atomic mass is 10.2. The van der Waals surface area contributed by atoms with E-state index in [1.54, 1.807) is 20.0 Å². The Kier molecular flexibility index (Phi) is 6.97. The van der Waals surface area contributed by atoms with Gasteiger partial charge in [0.05, 0.1) is 17.8 Å². The first kappa shape index (κ1) is 23.1. The lowest BCUT2D eigenvalue weighted by Gasteiger charge is -2.19. The van der Waals surface area contributed by atoms with Crippen LogP contribution in [0.5, 0.6) is 0 Å². The fraction of sp³-hybridized carbons (Fsp3) is 0.261. The van der Waals surface area contributed by atoms with Crippen molar-refractivity contribution in [2.75, 3.05) is 18.4 Å². The van der Waals surface area contributed by atoms with Crippen LogP contribution in [0.2, 0.25) is 0 Å². The number of halogens is 3. The average Bonchev–Trinajstić information content (AvgIpc) is 3.20. The van der Waals surface area contributed by atoms with Gasteiger partial charge in [0.1, 0.15) is 0 Å². The highest BCUT2D eigenvalue weighted by Gasteiger charge is 2.30. The Labute approximate surface area is 183 Å². The van der Waals surface area contributed by atoms with Crippen LogP contribution in [0.4, 0.5) is 19.1 Å². The molecule has 0 fully saturated rings. The number of carbonyl (C=O) groups excluding carboxylic acids is 2. The molecule has 0 radical (unpaired) electrons. The summed E-state index contributed by atoms with van der Waals surface area (Å²) in [5, 5.41) is 2.68. The molecule has 0 aliphatic heterocycles. The van der Waals surface area contributed by atoms with Gasteiger partial charge in [-0.15, -0.1) is 0 Å². The third-order valence-corrected chi connectivity index (χ3v) is 4.87. The summed E-state index contributed by atoms with van der Waals surface area (Å²) >= 11 is 0. The molecule has 0 atom stereocenters. The zero-order valence-corrected chi connectivity index (χ0v) is 17.7. The zero-order chi connectivity index (χ0) is 23.3. The number of aromatic nitrogens is 2. The number of benzene rings is 2. The highest BCUT2D eigenvalue weighted by Crippen LogP contribution is 2.31. The summed E-state index contributed by atoms with van der Waals surface area (Å²) < 4.78 is 40.3. The molecule has 0 aliphatic carbocycles. The van der Waals surface area contributed by atoms with Crippen molar-refractivity contribution in [2.24, 2.45) is 0 Å². The van der Waals surface area contributed by atoms with Gasteiger partial charge in [0.25, 0.3) is 0 Å². The van der Waals surface area contributed by atoms with Gasteiger partial charge >= 0.3 is 6.18 Å². The molecule has 0 aliphatic rings. The minimum atomic E-state index is -4.45. The molecule has 3 rings (SSSR count). The second-order valence-electron chi connectivity index (χ2n) is 7.04. The van der Waals surface area contributed by atoms with Crippen LogP contribution in [0.25, 0.3) is 16.9 Å². The van der Waals surface area contributed by atoms with Crippen LogP contribution in [0.3, 0.4) is 0 Å². The van der Waals surface area contributed by atoms with Crippen molar-refractivity contribution in [3.05, 3.63) is 66.4 Å². The van der Waals surface area contributed by atoms with Gasteiger partial charge in [-0.05, 0) is 31.2 Å². The van der Waals surface area contributed by atoms with Gasteiger partial charge in [-0.2, -0.15) is 13.2 Å². The Morgan fingerprint density at radius 2 is 1.69 bits per heavy atom. The van der Waals surface area contributed by atoms with E-state index < -0.39 is 17.6 Å². The number of hydrogen-bond donors (Lipinski definition) is 1. The third-order valence-electron chi connectivity index (χ3n) is 4.87. The van der Waals surface area contributed by atoms with Crippen molar-refractivity contribution >= 4 is 17.8 Å². The maximum absolute atomic E-state index is 12.9. The lowest BCUT2D eigenvalue weighted by molar-refractivity contribution is -0.137. The molecular formula is C23H23F3N4O2. The molecule has 3 aromatic rings. The number of nitrogens with zero attached hydrogens (tertiary/aromatic N) is 3. The molecule has 32 heavy (non-hydrogen) atoms. The summed E-state index contributed by atoms with van der Waals surface area (Å²) in [6.07, 6.45) is -2.53. The first-order valence-corrected chi connectivity index (χ1v) is 10.1. The van der Waals surface area contributed by atoms with E-state index in [4.69, 9.17) is 0 Å². The molecule has 168 valence electrons. The summed E-state index contributed by atoms with van der Waals surface area (Å²) in [5.41, 5.74) is 0.953. The van der Waals surface area contributed by atoms with E-state index in [0.717, 1.165) is 17.7 Å². The molecular weight excluding hydrogens is 421 g/mol. The van der Waals surface area contributed by atoms with Gasteiger partial charge in [-0.3, -0.25) is 19.5 Å². The number of anilines is 1. The maximum Gasteiger partial charge on any atom is 0.416 e. The molecule has 2 aromatic carbocycles. The van der Waals surface area contributed by atoms with Crippen molar-refractivity contribution in [3.63, 3.8) is 0 Å². The van der Waals surface area contributed by atoms with Gasteiger partial charge in [0.2, 0.25) is 17.8 Å². The maximum atomic E-state index is 12.9. The smallest absolute Gasteiger partial charge is 0.334 e. The first-order valence-electron chi connectivity index (χ1n) is 10.1. The van der Waals surface area contributed by atoms with Crippen LogP contribution >= 0.6 is 0 Å². The predicted octanol–water partition coefficient (Wildman–Crippen LogP) is 4.76. The predicted molar refractivity (Wildman–Crippen MR) is 115 cm³/mol. The fourth-order valence-electron chi connectivity index (χ4n) is 3.16. The van der Waals surface area contributed by atoms with Crippen molar-refractivity contribution < 1.29 is 22.8 Å². The summed E-state index contributed by atoms with van der Waals surface area (Å²) in [4.78, 5) is 30.5. The Hall–Kier alpha value is -3.62. The lowest BCUT2D eigenvalue weighted by Crippen LogP contribution is -2.37. The first-order chi connectivity index (χ1) is 15.2. The number of nitrogens with one attached hydrogen (secondary N) is 1. The summed E-state index contributed by atoms with van der Waals surface area (Å²) in [5.74, 6) is -0.459. The van der Waals surface area contributed by atoms with E-state index >= 15 is 0 Å². The standard InChI is InChI=1S/C23H23F3N4O2/c1-3-21(32)29(4-2)15-20(31)28-22-27-19(16-8-6-5-7-9-16)14-30(22)18-12-10-17(11-13-18)23(24,25)26/h5-14H,3-4,15H2,1-2H3,(H,27,28,31). The number of rotatable bonds is 7. The minimum Gasteiger partial charge on any atom is -0.334 e. The second kappa shape index (κ2) is 9.67. The van der Waals surface area contributed by atoms with Crippen molar-refractivity contribution in [3.8, 4) is 16.9 Å². The van der Waals surface area contributed by atoms with E-state index in [1.807, 2.05) is 30.3 Å². The number of hydrogen-bond acceptors (Lipinski definition) is 3.